The van der Waals surface area contributed by atoms with Gasteiger partial charge in [-0.15, -0.1) is 0 Å². The molecule has 0 amide bonds. The van der Waals surface area contributed by atoms with Crippen molar-refractivity contribution in [2.45, 2.75) is 6.92 Å². The average Bonchev–Trinajstić information content (AvgIpc) is 2.84. The minimum Gasteiger partial charge on any atom is -0.465 e. The van der Waals surface area contributed by atoms with Gasteiger partial charge in [0, 0.05) is 12.6 Å². The number of hydrogen-bond acceptors (Lipinski definition) is 3. The zero-order chi connectivity index (χ0) is 15.0. The second kappa shape index (κ2) is 5.05. The average molecular weight is 280 g/mol. The van der Waals surface area contributed by atoms with Gasteiger partial charge in [-0.25, -0.2) is 9.78 Å². The number of carbonyl (C=O) groups is 1. The molecule has 2 aromatic carbocycles. The number of carbonyl (C=O) groups excluding carboxylic acids is 1. The van der Waals surface area contributed by atoms with Crippen LogP contribution in [0.3, 0.4) is 0 Å². The molecule has 0 radical (unpaired) electrons. The van der Waals surface area contributed by atoms with Gasteiger partial charge in [-0.2, -0.15) is 0 Å². The molecule has 0 unspecified atom stereocenters. The van der Waals surface area contributed by atoms with Crippen molar-refractivity contribution in [3.8, 4) is 11.4 Å². The van der Waals surface area contributed by atoms with Crippen molar-refractivity contribution in [3.05, 3.63) is 53.6 Å². The summed E-state index contributed by atoms with van der Waals surface area (Å²) in [5.41, 5.74) is 4.57. The van der Waals surface area contributed by atoms with Crippen LogP contribution in [0.5, 0.6) is 0 Å². The number of fused-ring (bicyclic) bond motifs is 1. The fraction of sp³-hybridized carbons (Fsp3) is 0.176. The Labute approximate surface area is 123 Å². The SMILES string of the molecule is COC(=O)c1ccc2nc(-c3ccc(C)cc3)n(C)c2c1. The Bertz CT molecular complexity index is 817. The lowest BCUT2D eigenvalue weighted by Crippen LogP contribution is -2.01. The van der Waals surface area contributed by atoms with Gasteiger partial charge in [-0.1, -0.05) is 29.8 Å². The van der Waals surface area contributed by atoms with E-state index in [1.54, 1.807) is 6.07 Å². The second-order valence-corrected chi connectivity index (χ2v) is 5.06. The quantitative estimate of drug-likeness (QED) is 0.676. The highest BCUT2D eigenvalue weighted by Gasteiger charge is 2.12. The van der Waals surface area contributed by atoms with E-state index < -0.39 is 0 Å². The van der Waals surface area contributed by atoms with Crippen LogP contribution in [0.2, 0.25) is 0 Å². The Balaban J connectivity index is 2.15. The van der Waals surface area contributed by atoms with E-state index in [4.69, 9.17) is 4.74 Å². The molecule has 0 spiro atoms. The highest BCUT2D eigenvalue weighted by atomic mass is 16.5. The zero-order valence-corrected chi connectivity index (χ0v) is 12.3. The minimum absolute atomic E-state index is 0.338. The molecule has 4 nitrogen and oxygen atoms in total. The first-order valence-corrected chi connectivity index (χ1v) is 6.72. The van der Waals surface area contributed by atoms with E-state index in [0.717, 1.165) is 22.4 Å². The predicted octanol–water partition coefficient (Wildman–Crippen LogP) is 3.34. The summed E-state index contributed by atoms with van der Waals surface area (Å²) in [6.45, 7) is 2.06. The molecule has 0 aliphatic heterocycles. The Morgan fingerprint density at radius 3 is 2.52 bits per heavy atom. The number of aryl methyl sites for hydroxylation is 2. The summed E-state index contributed by atoms with van der Waals surface area (Å²) in [4.78, 5) is 16.3. The third-order valence-electron chi connectivity index (χ3n) is 3.61. The van der Waals surface area contributed by atoms with Crippen LogP contribution in [-0.2, 0) is 11.8 Å². The van der Waals surface area contributed by atoms with Crippen molar-refractivity contribution in [1.29, 1.82) is 0 Å². The molecule has 0 aliphatic carbocycles. The summed E-state index contributed by atoms with van der Waals surface area (Å²) in [5.74, 6) is 0.544. The first-order valence-electron chi connectivity index (χ1n) is 6.72. The molecule has 1 heterocycles. The number of benzene rings is 2. The molecule has 0 N–H and O–H groups in total. The number of methoxy groups -OCH3 is 1. The largest absolute Gasteiger partial charge is 0.465 e. The van der Waals surface area contributed by atoms with Gasteiger partial charge in [0.25, 0.3) is 0 Å². The standard InChI is InChI=1S/C17H16N2O2/c1-11-4-6-12(7-5-11)16-18-14-9-8-13(17(20)21-3)10-15(14)19(16)2/h4-10H,1-3H3. The monoisotopic (exact) mass is 280 g/mol. The van der Waals surface area contributed by atoms with Gasteiger partial charge >= 0.3 is 5.97 Å². The number of ether oxygens (including phenoxy) is 1. The van der Waals surface area contributed by atoms with Gasteiger partial charge in [-0.05, 0) is 25.1 Å². The first-order chi connectivity index (χ1) is 10.1. The van der Waals surface area contributed by atoms with Crippen molar-refractivity contribution >= 4 is 17.0 Å². The minimum atomic E-state index is -0.338. The van der Waals surface area contributed by atoms with Crippen molar-refractivity contribution in [3.63, 3.8) is 0 Å². The predicted molar refractivity (Wildman–Crippen MR) is 82.2 cm³/mol. The van der Waals surface area contributed by atoms with Gasteiger partial charge in [0.05, 0.1) is 23.7 Å². The number of rotatable bonds is 2. The lowest BCUT2D eigenvalue weighted by molar-refractivity contribution is 0.0601. The second-order valence-electron chi connectivity index (χ2n) is 5.06. The molecule has 106 valence electrons. The Morgan fingerprint density at radius 1 is 1.14 bits per heavy atom. The molecule has 21 heavy (non-hydrogen) atoms. The first kappa shape index (κ1) is 13.4. The normalized spacial score (nSPS) is 10.8. The zero-order valence-electron chi connectivity index (χ0n) is 12.3. The molecule has 0 aliphatic rings. The van der Waals surface area contributed by atoms with E-state index in [1.165, 1.54) is 12.7 Å². The molecular formula is C17H16N2O2. The van der Waals surface area contributed by atoms with E-state index in [9.17, 15) is 4.79 Å². The van der Waals surface area contributed by atoms with Crippen LogP contribution in [0, 0.1) is 6.92 Å². The Kier molecular flexibility index (Phi) is 3.22. The number of esters is 1. The van der Waals surface area contributed by atoms with Gasteiger partial charge < -0.3 is 9.30 Å². The van der Waals surface area contributed by atoms with Crippen LogP contribution in [-0.4, -0.2) is 22.6 Å². The van der Waals surface area contributed by atoms with Gasteiger partial charge in [0.1, 0.15) is 5.82 Å². The molecule has 3 aromatic rings. The van der Waals surface area contributed by atoms with Crippen LogP contribution in [0.25, 0.3) is 22.4 Å². The summed E-state index contributed by atoms with van der Waals surface area (Å²) >= 11 is 0. The van der Waals surface area contributed by atoms with E-state index in [-0.39, 0.29) is 5.97 Å². The molecule has 0 fully saturated rings. The van der Waals surface area contributed by atoms with Gasteiger partial charge in [0.2, 0.25) is 0 Å². The van der Waals surface area contributed by atoms with Crippen LogP contribution in [0.4, 0.5) is 0 Å². The topological polar surface area (TPSA) is 44.1 Å². The molecular weight excluding hydrogens is 264 g/mol. The van der Waals surface area contributed by atoms with Crippen molar-refractivity contribution in [2.75, 3.05) is 7.11 Å². The Hall–Kier alpha value is -2.62. The lowest BCUT2D eigenvalue weighted by atomic mass is 10.1. The summed E-state index contributed by atoms with van der Waals surface area (Å²) in [5, 5.41) is 0. The molecule has 0 atom stereocenters. The number of hydrogen-bond donors (Lipinski definition) is 0. The van der Waals surface area contributed by atoms with E-state index in [2.05, 4.69) is 36.2 Å². The third-order valence-corrected chi connectivity index (χ3v) is 3.61. The number of imidazole rings is 1. The maximum atomic E-state index is 11.6. The fourth-order valence-corrected chi connectivity index (χ4v) is 2.40. The molecule has 0 saturated heterocycles. The van der Waals surface area contributed by atoms with Crippen LogP contribution < -0.4 is 0 Å². The molecule has 3 rings (SSSR count). The maximum absolute atomic E-state index is 11.6. The van der Waals surface area contributed by atoms with E-state index in [0.29, 0.717) is 5.56 Å². The van der Waals surface area contributed by atoms with Crippen molar-refractivity contribution in [1.82, 2.24) is 9.55 Å². The molecule has 0 saturated carbocycles. The third kappa shape index (κ3) is 2.29. The fourth-order valence-electron chi connectivity index (χ4n) is 2.40. The van der Waals surface area contributed by atoms with Crippen molar-refractivity contribution < 1.29 is 9.53 Å². The van der Waals surface area contributed by atoms with Crippen LogP contribution in [0.15, 0.2) is 42.5 Å². The summed E-state index contributed by atoms with van der Waals surface area (Å²) < 4.78 is 6.75. The molecule has 1 aromatic heterocycles. The van der Waals surface area contributed by atoms with Gasteiger partial charge in [-0.3, -0.25) is 0 Å². The van der Waals surface area contributed by atoms with E-state index >= 15 is 0 Å². The lowest BCUT2D eigenvalue weighted by Gasteiger charge is -2.03. The molecule has 4 heteroatoms. The molecule has 0 bridgehead atoms. The van der Waals surface area contributed by atoms with Crippen LogP contribution in [0.1, 0.15) is 15.9 Å². The maximum Gasteiger partial charge on any atom is 0.337 e. The summed E-state index contributed by atoms with van der Waals surface area (Å²) in [6.07, 6.45) is 0. The number of aromatic nitrogens is 2. The van der Waals surface area contributed by atoms with Gasteiger partial charge in [0.15, 0.2) is 0 Å². The van der Waals surface area contributed by atoms with E-state index in [1.807, 2.05) is 23.7 Å². The van der Waals surface area contributed by atoms with Crippen LogP contribution >= 0.6 is 0 Å². The van der Waals surface area contributed by atoms with Crippen molar-refractivity contribution in [2.24, 2.45) is 7.05 Å². The Morgan fingerprint density at radius 2 is 1.86 bits per heavy atom. The highest BCUT2D eigenvalue weighted by Crippen LogP contribution is 2.24. The number of nitrogens with zero attached hydrogens (tertiary/aromatic N) is 2. The summed E-state index contributed by atoms with van der Waals surface area (Å²) in [7, 11) is 3.33. The summed E-state index contributed by atoms with van der Waals surface area (Å²) in [6, 6.07) is 13.6. The highest BCUT2D eigenvalue weighted by molar-refractivity contribution is 5.94. The smallest absolute Gasteiger partial charge is 0.337 e.